The van der Waals surface area contributed by atoms with E-state index in [9.17, 15) is 0 Å². The van der Waals surface area contributed by atoms with E-state index in [0.29, 0.717) is 5.41 Å². The summed E-state index contributed by atoms with van der Waals surface area (Å²) in [6.45, 7) is 9.81. The minimum absolute atomic E-state index is 0. The Morgan fingerprint density at radius 3 is 2.00 bits per heavy atom. The van der Waals surface area contributed by atoms with Crippen LogP contribution < -0.4 is 0 Å². The summed E-state index contributed by atoms with van der Waals surface area (Å²) in [5, 5.41) is 0. The Hall–Kier alpha value is 0. The van der Waals surface area contributed by atoms with Gasteiger partial charge in [0.05, 0.1) is 0 Å². The van der Waals surface area contributed by atoms with Gasteiger partial charge in [-0.1, -0.05) is 35.1 Å². The van der Waals surface area contributed by atoms with Gasteiger partial charge in [-0.15, -0.1) is 0 Å². The van der Waals surface area contributed by atoms with Crippen LogP contribution in [0.2, 0.25) is 0 Å². The Kier molecular flexibility index (Phi) is 2.31. The van der Waals surface area contributed by atoms with Crippen molar-refractivity contribution in [3.63, 3.8) is 0 Å². The van der Waals surface area contributed by atoms with Crippen LogP contribution in [0.1, 0.15) is 48.0 Å². The van der Waals surface area contributed by atoms with E-state index in [1.54, 1.807) is 0 Å². The number of hydrogen-bond acceptors (Lipinski definition) is 0. The van der Waals surface area contributed by atoms with Crippen molar-refractivity contribution < 1.29 is 0 Å². The average molecular weight is 168 g/mol. The molecule has 4 atom stereocenters. The Morgan fingerprint density at radius 2 is 1.67 bits per heavy atom. The minimum Gasteiger partial charge on any atom is -0.0776 e. The molecule has 12 heavy (non-hydrogen) atoms. The molecule has 3 fully saturated rings. The van der Waals surface area contributed by atoms with Crippen molar-refractivity contribution in [2.45, 2.75) is 48.0 Å². The second kappa shape index (κ2) is 2.75. The summed E-state index contributed by atoms with van der Waals surface area (Å²) in [7, 11) is 0. The molecule has 0 amide bonds. The van der Waals surface area contributed by atoms with Crippen molar-refractivity contribution >= 4 is 0 Å². The van der Waals surface area contributed by atoms with E-state index in [2.05, 4.69) is 27.7 Å². The fourth-order valence-corrected chi connectivity index (χ4v) is 3.41. The zero-order valence-electron chi connectivity index (χ0n) is 8.22. The lowest BCUT2D eigenvalue weighted by Gasteiger charge is -2.61. The molecule has 0 aromatic rings. The molecule has 0 aromatic heterocycles. The third-order valence-corrected chi connectivity index (χ3v) is 4.73. The van der Waals surface area contributed by atoms with Crippen LogP contribution in [-0.4, -0.2) is 0 Å². The Morgan fingerprint density at radius 1 is 1.08 bits per heavy atom. The maximum Gasteiger partial charge on any atom is -0.0295 e. The van der Waals surface area contributed by atoms with E-state index in [1.165, 1.54) is 12.8 Å². The van der Waals surface area contributed by atoms with Gasteiger partial charge >= 0.3 is 0 Å². The lowest BCUT2D eigenvalue weighted by atomic mass is 9.44. The van der Waals surface area contributed by atoms with Crippen LogP contribution in [0.25, 0.3) is 0 Å². The van der Waals surface area contributed by atoms with Crippen molar-refractivity contribution in [1.82, 2.24) is 0 Å². The van der Waals surface area contributed by atoms with Crippen molar-refractivity contribution in [2.75, 3.05) is 0 Å². The first-order valence-electron chi connectivity index (χ1n) is 5.03. The van der Waals surface area contributed by atoms with Gasteiger partial charge in [0, 0.05) is 0 Å². The maximum atomic E-state index is 2.47. The molecule has 0 heterocycles. The summed E-state index contributed by atoms with van der Waals surface area (Å²) in [6, 6.07) is 0. The van der Waals surface area contributed by atoms with Crippen LogP contribution in [0.4, 0.5) is 0 Å². The van der Waals surface area contributed by atoms with E-state index >= 15 is 0 Å². The highest BCUT2D eigenvalue weighted by Gasteiger charge is 2.54. The maximum absolute atomic E-state index is 2.47. The van der Waals surface area contributed by atoms with Gasteiger partial charge in [0.1, 0.15) is 0 Å². The van der Waals surface area contributed by atoms with Crippen LogP contribution in [0, 0.1) is 29.1 Å². The SMILES string of the molecule is C.CC1C[C@@H]2C[C@H]([C@H]1C)C2(C)C. The molecule has 2 bridgehead atoms. The van der Waals surface area contributed by atoms with E-state index < -0.39 is 0 Å². The smallest absolute Gasteiger partial charge is 0.0295 e. The molecular weight excluding hydrogens is 144 g/mol. The van der Waals surface area contributed by atoms with Gasteiger partial charge < -0.3 is 0 Å². The van der Waals surface area contributed by atoms with Crippen LogP contribution in [-0.2, 0) is 0 Å². The summed E-state index contributed by atoms with van der Waals surface area (Å²) in [5.41, 5.74) is 0.686. The fourth-order valence-electron chi connectivity index (χ4n) is 3.41. The third-order valence-electron chi connectivity index (χ3n) is 4.73. The Bertz CT molecular complexity index is 169. The average Bonchev–Trinajstić information content (AvgIpc) is 1.93. The fraction of sp³-hybridized carbons (Fsp3) is 1.00. The molecular formula is C12H24. The number of hydrogen-bond donors (Lipinski definition) is 0. The molecule has 0 spiro atoms. The molecule has 0 N–H and O–H groups in total. The molecule has 72 valence electrons. The first-order valence-corrected chi connectivity index (χ1v) is 5.03. The van der Waals surface area contributed by atoms with Gasteiger partial charge in [-0.25, -0.2) is 0 Å². The minimum atomic E-state index is 0. The molecule has 0 saturated heterocycles. The summed E-state index contributed by atoms with van der Waals surface area (Å²) in [4.78, 5) is 0. The predicted octanol–water partition coefficient (Wildman–Crippen LogP) is 3.96. The molecule has 0 aliphatic heterocycles. The molecule has 1 unspecified atom stereocenters. The summed E-state index contributed by atoms with van der Waals surface area (Å²) < 4.78 is 0. The topological polar surface area (TPSA) is 0 Å². The van der Waals surface area contributed by atoms with Crippen LogP contribution in [0.5, 0.6) is 0 Å². The third kappa shape index (κ3) is 1.03. The largest absolute Gasteiger partial charge is 0.0776 e. The van der Waals surface area contributed by atoms with Gasteiger partial charge in [0.2, 0.25) is 0 Å². The predicted molar refractivity (Wildman–Crippen MR) is 55.1 cm³/mol. The Labute approximate surface area is 77.7 Å². The normalized spacial score (nSPS) is 49.0. The molecule has 3 saturated carbocycles. The monoisotopic (exact) mass is 168 g/mol. The van der Waals surface area contributed by atoms with Crippen molar-refractivity contribution in [1.29, 1.82) is 0 Å². The molecule has 3 aliphatic carbocycles. The Balaban J connectivity index is 0.000000720. The molecule has 0 heteroatoms. The highest BCUT2D eigenvalue weighted by molar-refractivity contribution is 5.03. The van der Waals surface area contributed by atoms with E-state index in [1.807, 2.05) is 0 Å². The van der Waals surface area contributed by atoms with E-state index in [0.717, 1.165) is 23.7 Å². The highest BCUT2D eigenvalue weighted by atomic mass is 14.6. The van der Waals surface area contributed by atoms with Gasteiger partial charge in [-0.2, -0.15) is 0 Å². The van der Waals surface area contributed by atoms with Gasteiger partial charge in [-0.05, 0) is 41.9 Å². The quantitative estimate of drug-likeness (QED) is 0.513. The first kappa shape index (κ1) is 10.1. The van der Waals surface area contributed by atoms with E-state index in [4.69, 9.17) is 0 Å². The molecule has 0 nitrogen and oxygen atoms in total. The van der Waals surface area contributed by atoms with Gasteiger partial charge in [-0.3, -0.25) is 0 Å². The van der Waals surface area contributed by atoms with Crippen LogP contribution in [0.15, 0.2) is 0 Å². The van der Waals surface area contributed by atoms with Crippen LogP contribution in [0.3, 0.4) is 0 Å². The standard InChI is InChI=1S/C11H20.CH4/c1-7-5-9-6-10(8(7)2)11(9,3)4;/h7-10H,5-6H2,1-4H3;1H4/t7?,8-,9+,10+;/m0./s1. The molecule has 3 rings (SSSR count). The molecule has 3 aliphatic rings. The first-order chi connectivity index (χ1) is 5.03. The number of fused-ring (bicyclic) bond motifs is 2. The molecule has 0 aromatic carbocycles. The summed E-state index contributed by atoms with van der Waals surface area (Å²) in [5.74, 6) is 4.07. The zero-order chi connectivity index (χ0) is 8.22. The van der Waals surface area contributed by atoms with Crippen molar-refractivity contribution in [3.05, 3.63) is 0 Å². The summed E-state index contributed by atoms with van der Waals surface area (Å²) >= 11 is 0. The van der Waals surface area contributed by atoms with Crippen LogP contribution >= 0.6 is 0 Å². The lowest BCUT2D eigenvalue weighted by molar-refractivity contribution is -0.124. The lowest BCUT2D eigenvalue weighted by Crippen LogP contribution is -2.54. The van der Waals surface area contributed by atoms with Gasteiger partial charge in [0.25, 0.3) is 0 Å². The second-order valence-electron chi connectivity index (χ2n) is 5.43. The van der Waals surface area contributed by atoms with Crippen molar-refractivity contribution in [2.24, 2.45) is 29.1 Å². The molecule has 0 radical (unpaired) electrons. The van der Waals surface area contributed by atoms with E-state index in [-0.39, 0.29) is 7.43 Å². The summed E-state index contributed by atoms with van der Waals surface area (Å²) in [6.07, 6.45) is 3.02. The van der Waals surface area contributed by atoms with Crippen molar-refractivity contribution in [3.8, 4) is 0 Å². The second-order valence-corrected chi connectivity index (χ2v) is 5.43. The zero-order valence-corrected chi connectivity index (χ0v) is 8.22. The number of rotatable bonds is 0. The highest BCUT2D eigenvalue weighted by Crippen LogP contribution is 2.62. The van der Waals surface area contributed by atoms with Gasteiger partial charge in [0.15, 0.2) is 0 Å².